The summed E-state index contributed by atoms with van der Waals surface area (Å²) in [6.07, 6.45) is 2.32. The van der Waals surface area contributed by atoms with E-state index in [9.17, 15) is 0 Å². The van der Waals surface area contributed by atoms with E-state index in [1.807, 2.05) is 0 Å². The van der Waals surface area contributed by atoms with Crippen LogP contribution in [0.25, 0.3) is 0 Å². The molecule has 0 aliphatic carbocycles. The van der Waals surface area contributed by atoms with Gasteiger partial charge in [-0.15, -0.1) is 0 Å². The van der Waals surface area contributed by atoms with Crippen LogP contribution < -0.4 is 5.73 Å². The van der Waals surface area contributed by atoms with Gasteiger partial charge in [-0.25, -0.2) is 0 Å². The van der Waals surface area contributed by atoms with Gasteiger partial charge in [0.05, 0.1) is 0 Å². The minimum absolute atomic E-state index is 0.553. The second-order valence-corrected chi connectivity index (χ2v) is 5.82. The average Bonchev–Trinajstić information content (AvgIpc) is 2.71. The lowest BCUT2D eigenvalue weighted by molar-refractivity contribution is 0.226. The molecule has 0 spiro atoms. The number of nitrogens with two attached hydrogens (primary N) is 1. The molecule has 2 heteroatoms. The van der Waals surface area contributed by atoms with E-state index in [1.165, 1.54) is 25.1 Å². The standard InChI is InChI=1S/C16H26N2/c1-13-11-18(12-14(13)2)16(10-17)9-8-15-6-4-3-5-7-15/h3-7,13-14,16H,8-12,17H2,1-2H3. The Bertz CT molecular complexity index is 339. The Morgan fingerprint density at radius 3 is 2.33 bits per heavy atom. The van der Waals surface area contributed by atoms with Crippen LogP contribution in [0.3, 0.4) is 0 Å². The van der Waals surface area contributed by atoms with E-state index in [1.54, 1.807) is 0 Å². The summed E-state index contributed by atoms with van der Waals surface area (Å²) < 4.78 is 0. The van der Waals surface area contributed by atoms with Crippen LogP contribution in [0.2, 0.25) is 0 Å². The minimum Gasteiger partial charge on any atom is -0.329 e. The Kier molecular flexibility index (Phi) is 4.79. The Balaban J connectivity index is 1.86. The summed E-state index contributed by atoms with van der Waals surface area (Å²) in [4.78, 5) is 2.60. The number of hydrogen-bond donors (Lipinski definition) is 1. The maximum absolute atomic E-state index is 5.97. The highest BCUT2D eigenvalue weighted by Gasteiger charge is 2.29. The van der Waals surface area contributed by atoms with Gasteiger partial charge in [-0.1, -0.05) is 44.2 Å². The van der Waals surface area contributed by atoms with Crippen molar-refractivity contribution in [3.05, 3.63) is 35.9 Å². The zero-order valence-corrected chi connectivity index (χ0v) is 11.7. The first-order chi connectivity index (χ1) is 8.70. The lowest BCUT2D eigenvalue weighted by atomic mass is 10.0. The van der Waals surface area contributed by atoms with Crippen molar-refractivity contribution in [2.24, 2.45) is 17.6 Å². The van der Waals surface area contributed by atoms with E-state index >= 15 is 0 Å². The molecule has 1 aliphatic heterocycles. The molecule has 1 aromatic rings. The van der Waals surface area contributed by atoms with E-state index in [0.29, 0.717) is 6.04 Å². The maximum atomic E-state index is 5.97. The van der Waals surface area contributed by atoms with Crippen molar-refractivity contribution in [1.29, 1.82) is 0 Å². The third kappa shape index (κ3) is 3.33. The normalized spacial score (nSPS) is 26.4. The van der Waals surface area contributed by atoms with E-state index in [-0.39, 0.29) is 0 Å². The molecule has 0 bridgehead atoms. The Morgan fingerprint density at radius 2 is 1.78 bits per heavy atom. The van der Waals surface area contributed by atoms with E-state index in [2.05, 4.69) is 49.1 Å². The van der Waals surface area contributed by atoms with Gasteiger partial charge in [-0.05, 0) is 30.2 Å². The number of likely N-dealkylation sites (tertiary alicyclic amines) is 1. The summed E-state index contributed by atoms with van der Waals surface area (Å²) in [5.41, 5.74) is 7.39. The van der Waals surface area contributed by atoms with Gasteiger partial charge >= 0.3 is 0 Å². The van der Waals surface area contributed by atoms with E-state index in [0.717, 1.165) is 24.8 Å². The van der Waals surface area contributed by atoms with Gasteiger partial charge in [0.15, 0.2) is 0 Å². The molecule has 1 aromatic carbocycles. The lowest BCUT2D eigenvalue weighted by Gasteiger charge is -2.26. The molecule has 0 aromatic heterocycles. The number of hydrogen-bond acceptors (Lipinski definition) is 2. The van der Waals surface area contributed by atoms with Crippen molar-refractivity contribution in [1.82, 2.24) is 4.90 Å². The van der Waals surface area contributed by atoms with Gasteiger partial charge in [0.25, 0.3) is 0 Å². The molecule has 3 unspecified atom stereocenters. The second kappa shape index (κ2) is 6.35. The fraction of sp³-hybridized carbons (Fsp3) is 0.625. The smallest absolute Gasteiger partial charge is 0.0221 e. The van der Waals surface area contributed by atoms with E-state index in [4.69, 9.17) is 5.73 Å². The summed E-state index contributed by atoms with van der Waals surface area (Å²) in [6, 6.07) is 11.3. The van der Waals surface area contributed by atoms with Crippen molar-refractivity contribution in [3.8, 4) is 0 Å². The monoisotopic (exact) mass is 246 g/mol. The summed E-state index contributed by atoms with van der Waals surface area (Å²) in [7, 11) is 0. The average molecular weight is 246 g/mol. The van der Waals surface area contributed by atoms with Crippen molar-refractivity contribution < 1.29 is 0 Å². The first kappa shape index (κ1) is 13.6. The highest BCUT2D eigenvalue weighted by atomic mass is 15.2. The molecule has 2 nitrogen and oxygen atoms in total. The van der Waals surface area contributed by atoms with Crippen LogP contribution in [0.15, 0.2) is 30.3 Å². The van der Waals surface area contributed by atoms with E-state index < -0.39 is 0 Å². The first-order valence-corrected chi connectivity index (χ1v) is 7.18. The van der Waals surface area contributed by atoms with Crippen LogP contribution in [0.4, 0.5) is 0 Å². The molecular formula is C16H26N2. The van der Waals surface area contributed by atoms with Gasteiger partial charge in [0.2, 0.25) is 0 Å². The van der Waals surface area contributed by atoms with Gasteiger partial charge in [0, 0.05) is 25.7 Å². The summed E-state index contributed by atoms with van der Waals surface area (Å²) in [5.74, 6) is 1.63. The van der Waals surface area contributed by atoms with Gasteiger partial charge in [-0.3, -0.25) is 4.90 Å². The highest BCUT2D eigenvalue weighted by molar-refractivity contribution is 5.14. The van der Waals surface area contributed by atoms with Crippen LogP contribution >= 0.6 is 0 Å². The molecule has 18 heavy (non-hydrogen) atoms. The van der Waals surface area contributed by atoms with Gasteiger partial charge < -0.3 is 5.73 Å². The molecule has 3 atom stereocenters. The topological polar surface area (TPSA) is 29.3 Å². The fourth-order valence-electron chi connectivity index (χ4n) is 2.90. The maximum Gasteiger partial charge on any atom is 0.0221 e. The molecule has 0 saturated carbocycles. The third-order valence-corrected chi connectivity index (χ3v) is 4.41. The lowest BCUT2D eigenvalue weighted by Crippen LogP contribution is -2.39. The SMILES string of the molecule is CC1CN(C(CN)CCc2ccccc2)CC1C. The van der Waals surface area contributed by atoms with Crippen molar-refractivity contribution in [2.75, 3.05) is 19.6 Å². The third-order valence-electron chi connectivity index (χ3n) is 4.41. The van der Waals surface area contributed by atoms with Crippen LogP contribution in [0.5, 0.6) is 0 Å². The van der Waals surface area contributed by atoms with Crippen molar-refractivity contribution in [2.45, 2.75) is 32.7 Å². The molecule has 1 heterocycles. The quantitative estimate of drug-likeness (QED) is 0.865. The summed E-state index contributed by atoms with van der Waals surface area (Å²) in [6.45, 7) is 7.94. The molecular weight excluding hydrogens is 220 g/mol. The molecule has 0 radical (unpaired) electrons. The number of benzene rings is 1. The molecule has 2 rings (SSSR count). The number of nitrogens with zero attached hydrogens (tertiary/aromatic N) is 1. The molecule has 1 aliphatic rings. The predicted molar refractivity (Wildman–Crippen MR) is 77.5 cm³/mol. The fourth-order valence-corrected chi connectivity index (χ4v) is 2.90. The molecule has 0 amide bonds. The molecule has 1 saturated heterocycles. The van der Waals surface area contributed by atoms with Gasteiger partial charge in [-0.2, -0.15) is 0 Å². The van der Waals surface area contributed by atoms with Gasteiger partial charge in [0.1, 0.15) is 0 Å². The summed E-state index contributed by atoms with van der Waals surface area (Å²) >= 11 is 0. The summed E-state index contributed by atoms with van der Waals surface area (Å²) in [5, 5.41) is 0. The molecule has 100 valence electrons. The van der Waals surface area contributed by atoms with Crippen LogP contribution in [-0.4, -0.2) is 30.6 Å². The Morgan fingerprint density at radius 1 is 1.17 bits per heavy atom. The highest BCUT2D eigenvalue weighted by Crippen LogP contribution is 2.25. The Labute approximate surface area is 111 Å². The van der Waals surface area contributed by atoms with Crippen molar-refractivity contribution >= 4 is 0 Å². The zero-order valence-electron chi connectivity index (χ0n) is 11.7. The Hall–Kier alpha value is -0.860. The van der Waals surface area contributed by atoms with Crippen LogP contribution in [0, 0.1) is 11.8 Å². The predicted octanol–water partition coefficient (Wildman–Crippen LogP) is 2.53. The zero-order chi connectivity index (χ0) is 13.0. The van der Waals surface area contributed by atoms with Crippen LogP contribution in [-0.2, 0) is 6.42 Å². The number of aryl methyl sites for hydroxylation is 1. The number of rotatable bonds is 5. The van der Waals surface area contributed by atoms with Crippen LogP contribution in [0.1, 0.15) is 25.8 Å². The first-order valence-electron chi connectivity index (χ1n) is 7.18. The minimum atomic E-state index is 0.553. The van der Waals surface area contributed by atoms with Crippen molar-refractivity contribution in [3.63, 3.8) is 0 Å². The molecule has 1 fully saturated rings. The second-order valence-electron chi connectivity index (χ2n) is 5.82. The largest absolute Gasteiger partial charge is 0.329 e. The molecule has 2 N–H and O–H groups in total.